The molecule has 0 bridgehead atoms. The maximum atomic E-state index is 12.4. The average Bonchev–Trinajstić information content (AvgIpc) is 2.71. The van der Waals surface area contributed by atoms with Gasteiger partial charge < -0.3 is 19.1 Å². The summed E-state index contributed by atoms with van der Waals surface area (Å²) in [5.41, 5.74) is 0.692. The van der Waals surface area contributed by atoms with Gasteiger partial charge >= 0.3 is 5.97 Å². The Morgan fingerprint density at radius 1 is 1.15 bits per heavy atom. The summed E-state index contributed by atoms with van der Waals surface area (Å²) in [7, 11) is 3.13. The molecule has 1 aromatic rings. The number of hydrogen-bond donors (Lipinski definition) is 0. The minimum atomic E-state index is -0.562. The maximum absolute atomic E-state index is 12.4. The van der Waals surface area contributed by atoms with Crippen molar-refractivity contribution in [1.82, 2.24) is 4.90 Å². The summed E-state index contributed by atoms with van der Waals surface area (Å²) in [5.74, 6) is 0.577. The van der Waals surface area contributed by atoms with E-state index >= 15 is 0 Å². The number of benzene rings is 1. The molecular formula is C21H29NO5. The molecular weight excluding hydrogens is 346 g/mol. The topological polar surface area (TPSA) is 65.1 Å². The Morgan fingerprint density at radius 3 is 2.52 bits per heavy atom. The molecule has 0 unspecified atom stereocenters. The van der Waals surface area contributed by atoms with Gasteiger partial charge in [-0.25, -0.2) is 4.79 Å². The van der Waals surface area contributed by atoms with Crippen molar-refractivity contribution in [1.29, 1.82) is 0 Å². The largest absolute Gasteiger partial charge is 0.497 e. The number of amides is 1. The summed E-state index contributed by atoms with van der Waals surface area (Å²) in [5, 5.41) is 0. The number of rotatable bonds is 8. The number of nitrogens with zero attached hydrogens (tertiary/aromatic N) is 1. The summed E-state index contributed by atoms with van der Waals surface area (Å²) in [6, 6.07) is 5.57. The highest BCUT2D eigenvalue weighted by atomic mass is 16.5. The molecule has 0 atom stereocenters. The molecule has 1 aliphatic rings. The van der Waals surface area contributed by atoms with E-state index in [9.17, 15) is 9.59 Å². The number of likely N-dealkylation sites (N-methyl/N-ethyl adjacent to an activating group) is 1. The highest BCUT2D eigenvalue weighted by Crippen LogP contribution is 2.25. The molecule has 27 heavy (non-hydrogen) atoms. The average molecular weight is 375 g/mol. The second-order valence-electron chi connectivity index (χ2n) is 6.52. The molecule has 2 rings (SSSR count). The molecule has 1 saturated carbocycles. The van der Waals surface area contributed by atoms with Crippen LogP contribution in [0.2, 0.25) is 0 Å². The summed E-state index contributed by atoms with van der Waals surface area (Å²) in [6.45, 7) is 2.37. The van der Waals surface area contributed by atoms with Crippen molar-refractivity contribution < 1.29 is 23.8 Å². The van der Waals surface area contributed by atoms with Gasteiger partial charge in [0.25, 0.3) is 5.91 Å². The number of hydrogen-bond acceptors (Lipinski definition) is 5. The Morgan fingerprint density at radius 2 is 1.89 bits per heavy atom. The zero-order chi connectivity index (χ0) is 19.6. The second-order valence-corrected chi connectivity index (χ2v) is 6.52. The van der Waals surface area contributed by atoms with Crippen LogP contribution in [0.4, 0.5) is 0 Å². The van der Waals surface area contributed by atoms with E-state index in [2.05, 4.69) is 0 Å². The molecule has 1 aromatic carbocycles. The van der Waals surface area contributed by atoms with Crippen molar-refractivity contribution in [2.45, 2.75) is 45.1 Å². The van der Waals surface area contributed by atoms with Gasteiger partial charge in [-0.05, 0) is 44.0 Å². The lowest BCUT2D eigenvalue weighted by Gasteiger charge is -2.33. The van der Waals surface area contributed by atoms with Crippen molar-refractivity contribution in [3.63, 3.8) is 0 Å². The summed E-state index contributed by atoms with van der Waals surface area (Å²) < 4.78 is 15.6. The fraction of sp³-hybridized carbons (Fsp3) is 0.524. The normalized spacial score (nSPS) is 14.8. The van der Waals surface area contributed by atoms with Gasteiger partial charge in [0.2, 0.25) is 0 Å². The van der Waals surface area contributed by atoms with Crippen LogP contribution in [0.3, 0.4) is 0 Å². The van der Waals surface area contributed by atoms with Crippen molar-refractivity contribution in [3.8, 4) is 11.5 Å². The quantitative estimate of drug-likeness (QED) is 0.514. The first-order valence-electron chi connectivity index (χ1n) is 9.45. The zero-order valence-electron chi connectivity index (χ0n) is 16.4. The lowest BCUT2D eigenvalue weighted by molar-refractivity contribution is -0.149. The highest BCUT2D eigenvalue weighted by Gasteiger charge is 2.24. The Balaban J connectivity index is 1.91. The van der Waals surface area contributed by atoms with Crippen LogP contribution in [0, 0.1) is 0 Å². The predicted octanol–water partition coefficient (Wildman–Crippen LogP) is 3.44. The minimum absolute atomic E-state index is 0.134. The van der Waals surface area contributed by atoms with E-state index in [1.165, 1.54) is 12.5 Å². The van der Waals surface area contributed by atoms with Crippen molar-refractivity contribution >= 4 is 18.0 Å². The van der Waals surface area contributed by atoms with Gasteiger partial charge in [0.15, 0.2) is 6.61 Å². The molecule has 1 aliphatic carbocycles. The molecule has 1 fully saturated rings. The molecule has 1 amide bonds. The Labute approximate surface area is 161 Å². The van der Waals surface area contributed by atoms with Crippen LogP contribution < -0.4 is 9.47 Å². The fourth-order valence-corrected chi connectivity index (χ4v) is 3.42. The Bertz CT molecular complexity index is 665. The van der Waals surface area contributed by atoms with Gasteiger partial charge in [-0.15, -0.1) is 0 Å². The van der Waals surface area contributed by atoms with Crippen LogP contribution in [0.15, 0.2) is 24.3 Å². The van der Waals surface area contributed by atoms with Crippen LogP contribution in [-0.2, 0) is 14.3 Å². The van der Waals surface area contributed by atoms with Crippen molar-refractivity contribution in [2.24, 2.45) is 0 Å². The van der Waals surface area contributed by atoms with E-state index in [1.54, 1.807) is 38.5 Å². The summed E-state index contributed by atoms with van der Waals surface area (Å²) >= 11 is 0. The van der Waals surface area contributed by atoms with Gasteiger partial charge in [-0.2, -0.15) is 0 Å². The molecule has 148 valence electrons. The number of carbonyl (C=O) groups excluding carboxylic acids is 2. The molecule has 0 spiro atoms. The molecule has 0 heterocycles. The van der Waals surface area contributed by atoms with Gasteiger partial charge in [0.05, 0.1) is 14.2 Å². The first-order chi connectivity index (χ1) is 13.1. The first kappa shape index (κ1) is 20.8. The fourth-order valence-electron chi connectivity index (χ4n) is 3.42. The lowest BCUT2D eigenvalue weighted by atomic mass is 9.94. The number of esters is 1. The lowest BCUT2D eigenvalue weighted by Crippen LogP contribution is -2.43. The zero-order valence-corrected chi connectivity index (χ0v) is 16.4. The van der Waals surface area contributed by atoms with Crippen molar-refractivity contribution in [2.75, 3.05) is 27.4 Å². The van der Waals surface area contributed by atoms with Gasteiger partial charge in [0.1, 0.15) is 11.5 Å². The monoisotopic (exact) mass is 375 g/mol. The van der Waals surface area contributed by atoms with Gasteiger partial charge in [-0.3, -0.25) is 4.79 Å². The third-order valence-electron chi connectivity index (χ3n) is 4.85. The molecule has 0 radical (unpaired) electrons. The standard InChI is InChI=1S/C21H29NO5/c1-4-22(17-8-6-5-7-9-17)20(23)15-27-21(24)13-10-16-14-18(25-2)11-12-19(16)26-3/h10-14,17H,4-9,15H2,1-3H3/b13-10+. The molecule has 0 aromatic heterocycles. The SMILES string of the molecule is CCN(C(=O)COC(=O)/C=C/c1cc(OC)ccc1OC)C1CCCCC1. The van der Waals surface area contributed by atoms with Crippen LogP contribution in [-0.4, -0.2) is 50.2 Å². The number of methoxy groups -OCH3 is 2. The smallest absolute Gasteiger partial charge is 0.331 e. The van der Waals surface area contributed by atoms with E-state index in [4.69, 9.17) is 14.2 Å². The molecule has 6 nitrogen and oxygen atoms in total. The molecule has 0 saturated heterocycles. The van der Waals surface area contributed by atoms with Crippen LogP contribution in [0.5, 0.6) is 11.5 Å². The summed E-state index contributed by atoms with van der Waals surface area (Å²) in [6.07, 6.45) is 8.48. The minimum Gasteiger partial charge on any atom is -0.497 e. The van der Waals surface area contributed by atoms with E-state index < -0.39 is 5.97 Å². The van der Waals surface area contributed by atoms with Gasteiger partial charge in [-0.1, -0.05) is 19.3 Å². The van der Waals surface area contributed by atoms with E-state index in [0.29, 0.717) is 23.6 Å². The Kier molecular flexibility index (Phi) is 8.17. The maximum Gasteiger partial charge on any atom is 0.331 e. The summed E-state index contributed by atoms with van der Waals surface area (Å²) in [4.78, 5) is 26.3. The third kappa shape index (κ3) is 6.01. The molecule has 0 aliphatic heterocycles. The number of carbonyl (C=O) groups is 2. The highest BCUT2D eigenvalue weighted by molar-refractivity contribution is 5.89. The second kappa shape index (κ2) is 10.6. The van der Waals surface area contributed by atoms with Crippen molar-refractivity contribution in [3.05, 3.63) is 29.8 Å². The molecule has 6 heteroatoms. The predicted molar refractivity (Wildman–Crippen MR) is 104 cm³/mol. The first-order valence-corrected chi connectivity index (χ1v) is 9.45. The van der Waals surface area contributed by atoms with Crippen LogP contribution in [0.1, 0.15) is 44.6 Å². The van der Waals surface area contributed by atoms with Crippen LogP contribution >= 0.6 is 0 Å². The number of ether oxygens (including phenoxy) is 3. The third-order valence-corrected chi connectivity index (χ3v) is 4.85. The van der Waals surface area contributed by atoms with E-state index in [-0.39, 0.29) is 18.6 Å². The van der Waals surface area contributed by atoms with Gasteiger partial charge in [0, 0.05) is 24.2 Å². The molecule has 0 N–H and O–H groups in total. The van der Waals surface area contributed by atoms with Crippen LogP contribution in [0.25, 0.3) is 6.08 Å². The van der Waals surface area contributed by atoms with E-state index in [1.807, 2.05) is 11.8 Å². The van der Waals surface area contributed by atoms with E-state index in [0.717, 1.165) is 25.7 Å². The Hall–Kier alpha value is -2.50.